The summed E-state index contributed by atoms with van der Waals surface area (Å²) in [5.74, 6) is 1.13. The van der Waals surface area contributed by atoms with Crippen LogP contribution in [0.25, 0.3) is 0 Å². The third-order valence-corrected chi connectivity index (χ3v) is 8.26. The van der Waals surface area contributed by atoms with Crippen molar-refractivity contribution in [2.75, 3.05) is 18.0 Å². The van der Waals surface area contributed by atoms with Crippen LogP contribution in [-0.2, 0) is 21.2 Å². The fourth-order valence-electron chi connectivity index (χ4n) is 4.91. The van der Waals surface area contributed by atoms with Crippen molar-refractivity contribution in [1.29, 1.82) is 0 Å². The maximum atomic E-state index is 13.2. The number of rotatable bonds is 3. The van der Waals surface area contributed by atoms with Gasteiger partial charge in [0.05, 0.1) is 4.90 Å². The molecule has 0 aromatic heterocycles. The first-order chi connectivity index (χ1) is 12.8. The Hall–Kier alpha value is -1.40. The molecule has 1 amide bonds. The van der Waals surface area contributed by atoms with E-state index in [1.807, 2.05) is 11.0 Å². The number of amides is 1. The molecule has 148 valence electrons. The van der Waals surface area contributed by atoms with Crippen molar-refractivity contribution in [3.05, 3.63) is 23.8 Å². The van der Waals surface area contributed by atoms with Gasteiger partial charge in [-0.3, -0.25) is 4.79 Å². The van der Waals surface area contributed by atoms with E-state index in [2.05, 4.69) is 20.8 Å². The van der Waals surface area contributed by atoms with E-state index in [4.69, 9.17) is 0 Å². The lowest BCUT2D eigenvalue weighted by Gasteiger charge is -2.34. The van der Waals surface area contributed by atoms with Crippen LogP contribution in [0.4, 0.5) is 5.69 Å². The summed E-state index contributed by atoms with van der Waals surface area (Å²) < 4.78 is 28.0. The Labute approximate surface area is 162 Å². The molecule has 0 unspecified atom stereocenters. The molecule has 1 saturated heterocycles. The predicted octanol–water partition coefficient (Wildman–Crippen LogP) is 3.43. The second-order valence-electron chi connectivity index (χ2n) is 8.95. The van der Waals surface area contributed by atoms with Crippen LogP contribution in [-0.4, -0.2) is 37.8 Å². The van der Waals surface area contributed by atoms with Crippen LogP contribution in [0.15, 0.2) is 23.1 Å². The van der Waals surface area contributed by atoms with E-state index >= 15 is 0 Å². The summed E-state index contributed by atoms with van der Waals surface area (Å²) in [5, 5.41) is 0. The molecule has 2 aliphatic heterocycles. The summed E-state index contributed by atoms with van der Waals surface area (Å²) in [6.45, 7) is 7.47. The van der Waals surface area contributed by atoms with Crippen molar-refractivity contribution < 1.29 is 13.2 Å². The van der Waals surface area contributed by atoms with Crippen molar-refractivity contribution in [2.24, 2.45) is 17.8 Å². The molecule has 27 heavy (non-hydrogen) atoms. The Bertz CT molecular complexity index is 837. The Kier molecular flexibility index (Phi) is 4.83. The minimum absolute atomic E-state index is 0.0982. The first kappa shape index (κ1) is 18.9. The molecule has 4 rings (SSSR count). The minimum atomic E-state index is -3.48. The highest BCUT2D eigenvalue weighted by atomic mass is 32.2. The van der Waals surface area contributed by atoms with Gasteiger partial charge in [-0.25, -0.2) is 8.42 Å². The second kappa shape index (κ2) is 6.89. The minimum Gasteiger partial charge on any atom is -0.309 e. The average Bonchev–Trinajstić information content (AvgIpc) is 2.87. The van der Waals surface area contributed by atoms with Gasteiger partial charge in [0, 0.05) is 30.7 Å². The van der Waals surface area contributed by atoms with Crippen molar-refractivity contribution in [3.63, 3.8) is 0 Å². The summed E-state index contributed by atoms with van der Waals surface area (Å²) in [7, 11) is -3.48. The number of benzene rings is 1. The van der Waals surface area contributed by atoms with Gasteiger partial charge in [0.2, 0.25) is 15.9 Å². The maximum Gasteiger partial charge on any atom is 0.243 e. The van der Waals surface area contributed by atoms with Crippen LogP contribution in [0.5, 0.6) is 0 Å². The highest BCUT2D eigenvalue weighted by Crippen LogP contribution is 2.39. The number of fused-ring (bicyclic) bond motifs is 1. The molecule has 0 bridgehead atoms. The third kappa shape index (κ3) is 3.31. The zero-order chi connectivity index (χ0) is 19.3. The molecular weight excluding hydrogens is 360 g/mol. The monoisotopic (exact) mass is 390 g/mol. The van der Waals surface area contributed by atoms with Crippen LogP contribution < -0.4 is 4.90 Å². The first-order valence-electron chi connectivity index (χ1n) is 10.2. The number of piperidine rings is 1. The molecule has 0 spiro atoms. The SMILES string of the molecule is C[C@@H]1C[C@@H](C)CN(S(=O)(=O)c2ccc3c(c2)C[C@H](C)N3C(=O)C2CCC2)C1. The van der Waals surface area contributed by atoms with Gasteiger partial charge in [-0.2, -0.15) is 4.31 Å². The molecule has 1 aromatic carbocycles. The Morgan fingerprint density at radius 1 is 1.07 bits per heavy atom. The topological polar surface area (TPSA) is 57.7 Å². The lowest BCUT2D eigenvalue weighted by atomic mass is 9.84. The summed E-state index contributed by atoms with van der Waals surface area (Å²) >= 11 is 0. The van der Waals surface area contributed by atoms with E-state index < -0.39 is 10.0 Å². The van der Waals surface area contributed by atoms with Crippen LogP contribution in [0.2, 0.25) is 0 Å². The number of nitrogens with zero attached hydrogens (tertiary/aromatic N) is 2. The lowest BCUT2D eigenvalue weighted by molar-refractivity contribution is -0.125. The highest BCUT2D eigenvalue weighted by molar-refractivity contribution is 7.89. The molecule has 2 heterocycles. The number of sulfonamides is 1. The van der Waals surface area contributed by atoms with Crippen molar-refractivity contribution in [2.45, 2.75) is 63.8 Å². The molecule has 1 aromatic rings. The smallest absolute Gasteiger partial charge is 0.243 e. The van der Waals surface area contributed by atoms with E-state index in [1.54, 1.807) is 16.4 Å². The van der Waals surface area contributed by atoms with E-state index in [1.165, 1.54) is 0 Å². The quantitative estimate of drug-likeness (QED) is 0.794. The van der Waals surface area contributed by atoms with Gasteiger partial charge in [-0.1, -0.05) is 20.3 Å². The Morgan fingerprint density at radius 3 is 2.33 bits per heavy atom. The largest absolute Gasteiger partial charge is 0.309 e. The Balaban J connectivity index is 1.62. The maximum absolute atomic E-state index is 13.2. The number of carbonyl (C=O) groups is 1. The molecule has 2 fully saturated rings. The van der Waals surface area contributed by atoms with Gasteiger partial charge in [0.25, 0.3) is 0 Å². The number of hydrogen-bond acceptors (Lipinski definition) is 3. The zero-order valence-corrected chi connectivity index (χ0v) is 17.3. The summed E-state index contributed by atoms with van der Waals surface area (Å²) in [6, 6.07) is 5.44. The molecule has 0 radical (unpaired) electrons. The summed E-state index contributed by atoms with van der Waals surface area (Å²) in [4.78, 5) is 15.1. The van der Waals surface area contributed by atoms with Crippen LogP contribution in [0, 0.1) is 17.8 Å². The van der Waals surface area contributed by atoms with E-state index in [-0.39, 0.29) is 17.9 Å². The molecule has 1 aliphatic carbocycles. The van der Waals surface area contributed by atoms with Gasteiger partial charge >= 0.3 is 0 Å². The van der Waals surface area contributed by atoms with Crippen LogP contribution >= 0.6 is 0 Å². The van der Waals surface area contributed by atoms with E-state index in [0.717, 1.165) is 43.4 Å². The third-order valence-electron chi connectivity index (χ3n) is 6.43. The van der Waals surface area contributed by atoms with Gasteiger partial charge in [0.1, 0.15) is 0 Å². The number of anilines is 1. The second-order valence-corrected chi connectivity index (χ2v) is 10.9. The van der Waals surface area contributed by atoms with Crippen LogP contribution in [0.3, 0.4) is 0 Å². The molecule has 3 atom stereocenters. The standard InChI is InChI=1S/C21H30N2O3S/c1-14-9-15(2)13-22(12-14)27(25,26)19-7-8-20-18(11-19)10-16(3)23(20)21(24)17-5-4-6-17/h7-8,11,14-17H,4-6,9-10,12-13H2,1-3H3/t14-,15-,16+/m1/s1. The number of hydrogen-bond donors (Lipinski definition) is 0. The van der Waals surface area contributed by atoms with Crippen LogP contribution in [0.1, 0.15) is 52.0 Å². The molecule has 3 aliphatic rings. The summed E-state index contributed by atoms with van der Waals surface area (Å²) in [5.41, 5.74) is 1.88. The Morgan fingerprint density at radius 2 is 1.74 bits per heavy atom. The van der Waals surface area contributed by atoms with E-state index in [9.17, 15) is 13.2 Å². The van der Waals surface area contributed by atoms with Crippen molar-refractivity contribution in [3.8, 4) is 0 Å². The predicted molar refractivity (Wildman–Crippen MR) is 106 cm³/mol. The fourth-order valence-corrected chi connectivity index (χ4v) is 6.64. The molecule has 6 heteroatoms. The van der Waals surface area contributed by atoms with Crippen molar-refractivity contribution in [1.82, 2.24) is 4.31 Å². The highest BCUT2D eigenvalue weighted by Gasteiger charge is 2.38. The van der Waals surface area contributed by atoms with Gasteiger partial charge < -0.3 is 4.90 Å². The average molecular weight is 391 g/mol. The van der Waals surface area contributed by atoms with Gasteiger partial charge in [0.15, 0.2) is 0 Å². The van der Waals surface area contributed by atoms with Gasteiger partial charge in [-0.05, 0) is 68.2 Å². The molecule has 5 nitrogen and oxygen atoms in total. The van der Waals surface area contributed by atoms with Crippen molar-refractivity contribution >= 4 is 21.6 Å². The summed E-state index contributed by atoms with van der Waals surface area (Å²) in [6.07, 6.45) is 4.90. The molecular formula is C21H30N2O3S. The molecule has 1 saturated carbocycles. The first-order valence-corrected chi connectivity index (χ1v) is 11.7. The number of carbonyl (C=O) groups excluding carboxylic acids is 1. The molecule has 0 N–H and O–H groups in total. The van der Waals surface area contributed by atoms with E-state index in [0.29, 0.717) is 29.8 Å². The lowest BCUT2D eigenvalue weighted by Crippen LogP contribution is -2.42. The van der Waals surface area contributed by atoms with Gasteiger partial charge in [-0.15, -0.1) is 0 Å². The normalized spacial score (nSPS) is 29.4. The fraction of sp³-hybridized carbons (Fsp3) is 0.667. The zero-order valence-electron chi connectivity index (χ0n) is 16.5.